The Labute approximate surface area is 248 Å². The highest BCUT2D eigenvalue weighted by Crippen LogP contribution is 2.31. The zero-order chi connectivity index (χ0) is 29.1. The molecule has 1 aliphatic rings. The van der Waals surface area contributed by atoms with Crippen LogP contribution in [0.2, 0.25) is 5.02 Å². The number of hydrogen-bond donors (Lipinski definition) is 1. The Hall–Kier alpha value is -4.12. The molecule has 9 nitrogen and oxygen atoms in total. The summed E-state index contributed by atoms with van der Waals surface area (Å²) >= 11 is 6.51. The average Bonchev–Trinajstić information content (AvgIpc) is 3.45. The minimum atomic E-state index is -0.304. The van der Waals surface area contributed by atoms with Gasteiger partial charge in [0.15, 0.2) is 0 Å². The predicted molar refractivity (Wildman–Crippen MR) is 162 cm³/mol. The second-order valence-electron chi connectivity index (χ2n) is 10.7. The standard InChI is InChI=1S/C31H32ClFN8O/c1-39(2)25-10-12-40(13-11-25)17-24-18-41(38-37-24)26-7-8-29-27(16-26)31(35-20-34-29)36-23-6-9-30(28(32)15-23)42-19-21-4-3-5-22(33)14-21/h3-9,14-16,18,20,25H,10-13,17,19H2,1-2H3,(H,34,35,36). The van der Waals surface area contributed by atoms with Gasteiger partial charge in [0.1, 0.15) is 30.3 Å². The summed E-state index contributed by atoms with van der Waals surface area (Å²) in [6.45, 7) is 3.11. The van der Waals surface area contributed by atoms with Crippen LogP contribution in [0.5, 0.6) is 5.75 Å². The van der Waals surface area contributed by atoms with Gasteiger partial charge < -0.3 is 15.0 Å². The van der Waals surface area contributed by atoms with Crippen molar-refractivity contribution in [2.45, 2.75) is 32.0 Å². The molecule has 0 spiro atoms. The molecule has 2 aromatic heterocycles. The van der Waals surface area contributed by atoms with Crippen LogP contribution in [0.1, 0.15) is 24.1 Å². The summed E-state index contributed by atoms with van der Waals surface area (Å²) in [6.07, 6.45) is 5.84. The topological polar surface area (TPSA) is 84.2 Å². The molecule has 0 amide bonds. The first-order chi connectivity index (χ1) is 20.4. The van der Waals surface area contributed by atoms with Crippen molar-refractivity contribution in [2.24, 2.45) is 0 Å². The van der Waals surface area contributed by atoms with Crippen LogP contribution >= 0.6 is 11.6 Å². The molecule has 1 aliphatic heterocycles. The molecule has 0 atom stereocenters. The van der Waals surface area contributed by atoms with Gasteiger partial charge in [0, 0.05) is 36.7 Å². The van der Waals surface area contributed by atoms with E-state index < -0.39 is 0 Å². The third-order valence-corrected chi connectivity index (χ3v) is 7.87. The van der Waals surface area contributed by atoms with Crippen LogP contribution in [-0.4, -0.2) is 68.0 Å². The molecule has 0 aliphatic carbocycles. The highest BCUT2D eigenvalue weighted by Gasteiger charge is 2.21. The molecule has 6 rings (SSSR count). The van der Waals surface area contributed by atoms with E-state index in [0.29, 0.717) is 22.6 Å². The van der Waals surface area contributed by atoms with Gasteiger partial charge >= 0.3 is 0 Å². The number of aromatic nitrogens is 5. The molecule has 42 heavy (non-hydrogen) atoms. The molecule has 1 fully saturated rings. The van der Waals surface area contributed by atoms with Crippen LogP contribution in [0.15, 0.2) is 73.2 Å². The Morgan fingerprint density at radius 3 is 2.69 bits per heavy atom. The van der Waals surface area contributed by atoms with Crippen LogP contribution in [0.3, 0.4) is 0 Å². The van der Waals surface area contributed by atoms with Crippen molar-refractivity contribution in [1.29, 1.82) is 0 Å². The summed E-state index contributed by atoms with van der Waals surface area (Å²) in [5.41, 5.74) is 4.06. The molecule has 1 N–H and O–H groups in total. The molecular weight excluding hydrogens is 555 g/mol. The first-order valence-corrected chi connectivity index (χ1v) is 14.3. The number of anilines is 2. The maximum atomic E-state index is 13.5. The van der Waals surface area contributed by atoms with Crippen LogP contribution in [0, 0.1) is 5.82 Å². The molecule has 3 aromatic carbocycles. The van der Waals surface area contributed by atoms with Crippen molar-refractivity contribution >= 4 is 34.0 Å². The van der Waals surface area contributed by atoms with Crippen LogP contribution in [0.25, 0.3) is 16.6 Å². The first kappa shape index (κ1) is 28.0. The predicted octanol–water partition coefficient (Wildman–Crippen LogP) is 5.85. The van der Waals surface area contributed by atoms with Crippen LogP contribution < -0.4 is 10.1 Å². The summed E-state index contributed by atoms with van der Waals surface area (Å²) in [5.74, 6) is 0.836. The molecule has 0 bridgehead atoms. The van der Waals surface area contributed by atoms with E-state index in [0.717, 1.165) is 66.0 Å². The van der Waals surface area contributed by atoms with E-state index in [1.54, 1.807) is 28.9 Å². The van der Waals surface area contributed by atoms with Crippen molar-refractivity contribution in [2.75, 3.05) is 32.5 Å². The molecule has 0 saturated carbocycles. The van der Waals surface area contributed by atoms with Gasteiger partial charge in [-0.2, -0.15) is 0 Å². The molecule has 0 radical (unpaired) electrons. The quantitative estimate of drug-likeness (QED) is 0.230. The Bertz CT molecular complexity index is 1690. The van der Waals surface area contributed by atoms with Gasteiger partial charge in [0.05, 0.1) is 28.1 Å². The fourth-order valence-electron chi connectivity index (χ4n) is 5.23. The summed E-state index contributed by atoms with van der Waals surface area (Å²) in [5, 5.41) is 13.4. The second-order valence-corrected chi connectivity index (χ2v) is 11.1. The Morgan fingerprint density at radius 2 is 1.90 bits per heavy atom. The molecule has 5 aromatic rings. The lowest BCUT2D eigenvalue weighted by atomic mass is 10.0. The molecule has 216 valence electrons. The Morgan fingerprint density at radius 1 is 1.05 bits per heavy atom. The number of likely N-dealkylation sites (tertiary alicyclic amines) is 1. The molecule has 0 unspecified atom stereocenters. The van der Waals surface area contributed by atoms with Gasteiger partial charge in [-0.05, 0) is 81.0 Å². The zero-order valence-electron chi connectivity index (χ0n) is 23.5. The SMILES string of the molecule is CN(C)C1CCN(Cc2cn(-c3ccc4ncnc(Nc5ccc(OCc6cccc(F)c6)c(Cl)c5)c4c3)nn2)CC1. The lowest BCUT2D eigenvalue weighted by molar-refractivity contribution is 0.139. The lowest BCUT2D eigenvalue weighted by Crippen LogP contribution is -2.41. The summed E-state index contributed by atoms with van der Waals surface area (Å²) in [7, 11) is 4.31. The summed E-state index contributed by atoms with van der Waals surface area (Å²) < 4.78 is 21.1. The number of piperidine rings is 1. The highest BCUT2D eigenvalue weighted by molar-refractivity contribution is 6.32. The van der Waals surface area contributed by atoms with E-state index in [-0.39, 0.29) is 12.4 Å². The number of halogens is 2. The third-order valence-electron chi connectivity index (χ3n) is 7.58. The van der Waals surface area contributed by atoms with Crippen molar-refractivity contribution in [3.8, 4) is 11.4 Å². The van der Waals surface area contributed by atoms with Crippen molar-refractivity contribution in [3.05, 3.63) is 95.3 Å². The Kier molecular flexibility index (Phi) is 8.27. The maximum absolute atomic E-state index is 13.5. The van der Waals surface area contributed by atoms with Gasteiger partial charge in [0.2, 0.25) is 0 Å². The fraction of sp³-hybridized carbons (Fsp3) is 0.290. The molecule has 1 saturated heterocycles. The lowest BCUT2D eigenvalue weighted by Gasteiger charge is -2.34. The minimum absolute atomic E-state index is 0.211. The molecular formula is C31H32ClFN8O. The highest BCUT2D eigenvalue weighted by atomic mass is 35.5. The van der Waals surface area contributed by atoms with Crippen molar-refractivity contribution < 1.29 is 9.13 Å². The smallest absolute Gasteiger partial charge is 0.141 e. The number of hydrogen-bond acceptors (Lipinski definition) is 8. The number of nitrogens with zero attached hydrogens (tertiary/aromatic N) is 7. The number of ether oxygens (including phenoxy) is 1. The number of fused-ring (bicyclic) bond motifs is 1. The minimum Gasteiger partial charge on any atom is -0.487 e. The Balaban J connectivity index is 1.15. The van der Waals surface area contributed by atoms with E-state index in [4.69, 9.17) is 16.3 Å². The van der Waals surface area contributed by atoms with E-state index in [1.807, 2.05) is 30.5 Å². The van der Waals surface area contributed by atoms with Gasteiger partial charge in [-0.25, -0.2) is 19.0 Å². The molecule has 11 heteroatoms. The van der Waals surface area contributed by atoms with Gasteiger partial charge in [-0.1, -0.05) is 28.9 Å². The summed E-state index contributed by atoms with van der Waals surface area (Å²) in [6, 6.07) is 18.3. The van der Waals surface area contributed by atoms with Crippen molar-refractivity contribution in [1.82, 2.24) is 34.8 Å². The van der Waals surface area contributed by atoms with Crippen LogP contribution in [0.4, 0.5) is 15.9 Å². The van der Waals surface area contributed by atoms with Crippen LogP contribution in [-0.2, 0) is 13.2 Å². The monoisotopic (exact) mass is 586 g/mol. The zero-order valence-corrected chi connectivity index (χ0v) is 24.3. The normalized spacial score (nSPS) is 14.5. The number of rotatable bonds is 9. The number of benzene rings is 3. The number of nitrogens with one attached hydrogen (secondary N) is 1. The van der Waals surface area contributed by atoms with Gasteiger partial charge in [-0.3, -0.25) is 4.90 Å². The maximum Gasteiger partial charge on any atom is 0.141 e. The van der Waals surface area contributed by atoms with Crippen molar-refractivity contribution in [3.63, 3.8) is 0 Å². The fourth-order valence-corrected chi connectivity index (χ4v) is 5.46. The largest absolute Gasteiger partial charge is 0.487 e. The van der Waals surface area contributed by atoms with E-state index in [9.17, 15) is 4.39 Å². The van der Waals surface area contributed by atoms with Gasteiger partial charge in [-0.15, -0.1) is 5.10 Å². The molecule has 3 heterocycles. The third kappa shape index (κ3) is 6.51. The average molecular weight is 587 g/mol. The van der Waals surface area contributed by atoms with Gasteiger partial charge in [0.25, 0.3) is 0 Å². The summed E-state index contributed by atoms with van der Waals surface area (Å²) in [4.78, 5) is 13.7. The van der Waals surface area contributed by atoms with E-state index >= 15 is 0 Å². The second kappa shape index (κ2) is 12.4. The van der Waals surface area contributed by atoms with E-state index in [2.05, 4.69) is 49.5 Å². The van der Waals surface area contributed by atoms with E-state index in [1.165, 1.54) is 18.5 Å². The first-order valence-electron chi connectivity index (χ1n) is 13.9.